The summed E-state index contributed by atoms with van der Waals surface area (Å²) in [5.74, 6) is 0.753. The third-order valence-electron chi connectivity index (χ3n) is 8.48. The van der Waals surface area contributed by atoms with Crippen LogP contribution in [0.15, 0.2) is 72.8 Å². The van der Waals surface area contributed by atoms with Gasteiger partial charge < -0.3 is 10.6 Å². The lowest BCUT2D eigenvalue weighted by Crippen LogP contribution is -2.69. The SMILES string of the molecule is O=C(NC12CC3CC(C1)CC(NC(=O)c1ccc4ccccc4n1)(C3)C2)c1ccc2ccccc2n1.[HH]. The predicted molar refractivity (Wildman–Crippen MR) is 141 cm³/mol. The van der Waals surface area contributed by atoms with Crippen LogP contribution in [0.4, 0.5) is 0 Å². The Morgan fingerprint density at radius 1 is 0.667 bits per heavy atom. The van der Waals surface area contributed by atoms with Crippen LogP contribution >= 0.6 is 0 Å². The van der Waals surface area contributed by atoms with E-state index in [2.05, 4.69) is 20.6 Å². The number of aromatic nitrogens is 2. The zero-order chi connectivity index (χ0) is 24.3. The zero-order valence-corrected chi connectivity index (χ0v) is 20.0. The van der Waals surface area contributed by atoms with Gasteiger partial charge in [-0.05, 0) is 74.6 Å². The molecule has 0 spiro atoms. The molecule has 2 amide bonds. The minimum absolute atomic E-state index is 0. The number of amides is 2. The third-order valence-corrected chi connectivity index (χ3v) is 8.48. The van der Waals surface area contributed by atoms with Crippen molar-refractivity contribution in [3.05, 3.63) is 84.2 Å². The van der Waals surface area contributed by atoms with Crippen LogP contribution in [0.2, 0.25) is 0 Å². The number of carbonyl (C=O) groups is 2. The van der Waals surface area contributed by atoms with E-state index in [0.717, 1.165) is 53.9 Å². The lowest BCUT2D eigenvalue weighted by atomic mass is 9.49. The normalized spacial score (nSPS) is 28.3. The number of fused-ring (bicyclic) bond motifs is 2. The number of hydrogen-bond donors (Lipinski definition) is 2. The smallest absolute Gasteiger partial charge is 0.270 e. The van der Waals surface area contributed by atoms with Gasteiger partial charge in [-0.3, -0.25) is 9.59 Å². The number of benzene rings is 2. The second-order valence-corrected chi connectivity index (χ2v) is 11.2. The first kappa shape index (κ1) is 21.5. The molecule has 0 aliphatic heterocycles. The van der Waals surface area contributed by atoms with Gasteiger partial charge in [0, 0.05) is 23.3 Å². The van der Waals surface area contributed by atoms with Gasteiger partial charge in [0.25, 0.3) is 11.8 Å². The molecule has 0 unspecified atom stereocenters. The molecule has 0 saturated heterocycles. The molecule has 2 aromatic carbocycles. The largest absolute Gasteiger partial charge is 0.345 e. The summed E-state index contributed by atoms with van der Waals surface area (Å²) in [5, 5.41) is 8.84. The van der Waals surface area contributed by atoms with E-state index < -0.39 is 0 Å². The van der Waals surface area contributed by atoms with Crippen molar-refractivity contribution in [2.45, 2.75) is 49.6 Å². The van der Waals surface area contributed by atoms with Crippen LogP contribution in [0.3, 0.4) is 0 Å². The fraction of sp³-hybridized carbons (Fsp3) is 0.333. The standard InChI is InChI=1S/C30H28N4O2.H2/c35-27(25-11-9-21-5-1-3-7-23(21)31-25)33-29-14-19-13-20(15-29)17-30(16-19,18-29)34-28(36)26-12-10-22-6-2-4-8-24(22)32-26;/h1-12,19-20H,13-18H2,(H,33,35)(H,34,36);1H. The van der Waals surface area contributed by atoms with E-state index in [4.69, 9.17) is 0 Å². The average molecular weight is 479 g/mol. The van der Waals surface area contributed by atoms with Crippen LogP contribution in [0.25, 0.3) is 21.8 Å². The van der Waals surface area contributed by atoms with Crippen molar-refractivity contribution < 1.29 is 11.0 Å². The molecule has 4 aliphatic carbocycles. The maximum atomic E-state index is 13.4. The first-order valence-electron chi connectivity index (χ1n) is 12.8. The molecular formula is C30H30N4O2. The van der Waals surface area contributed by atoms with Gasteiger partial charge in [-0.1, -0.05) is 48.5 Å². The number of carbonyl (C=O) groups excluding carboxylic acids is 2. The molecule has 2 aromatic heterocycles. The van der Waals surface area contributed by atoms with Crippen LogP contribution in [-0.4, -0.2) is 32.9 Å². The minimum atomic E-state index is -0.307. The van der Waals surface area contributed by atoms with E-state index in [1.54, 1.807) is 12.1 Å². The summed E-state index contributed by atoms with van der Waals surface area (Å²) in [6.45, 7) is 0. The van der Waals surface area contributed by atoms with Crippen LogP contribution in [0.5, 0.6) is 0 Å². The van der Waals surface area contributed by atoms with Crippen LogP contribution in [0.1, 0.15) is 60.9 Å². The molecule has 6 heteroatoms. The molecule has 4 bridgehead atoms. The van der Waals surface area contributed by atoms with E-state index in [0.29, 0.717) is 23.2 Å². The molecule has 4 aliphatic rings. The van der Waals surface area contributed by atoms with Gasteiger partial charge in [0.1, 0.15) is 11.4 Å². The van der Waals surface area contributed by atoms with Gasteiger partial charge in [0.05, 0.1) is 11.0 Å². The van der Waals surface area contributed by atoms with Crippen molar-refractivity contribution in [1.29, 1.82) is 0 Å². The Bertz CT molecular complexity index is 1410. The number of pyridine rings is 2. The van der Waals surface area contributed by atoms with Crippen molar-refractivity contribution >= 4 is 33.6 Å². The number of para-hydroxylation sites is 2. The Morgan fingerprint density at radius 2 is 1.11 bits per heavy atom. The lowest BCUT2D eigenvalue weighted by molar-refractivity contribution is -0.0449. The summed E-state index contributed by atoms with van der Waals surface area (Å²) in [7, 11) is 0. The molecule has 182 valence electrons. The quantitative estimate of drug-likeness (QED) is 0.418. The van der Waals surface area contributed by atoms with E-state index in [1.165, 1.54) is 6.42 Å². The first-order chi connectivity index (χ1) is 17.5. The van der Waals surface area contributed by atoms with Gasteiger partial charge in [0.2, 0.25) is 0 Å². The van der Waals surface area contributed by atoms with Crippen molar-refractivity contribution in [3.8, 4) is 0 Å². The Morgan fingerprint density at radius 3 is 1.58 bits per heavy atom. The van der Waals surface area contributed by atoms with Gasteiger partial charge >= 0.3 is 0 Å². The third kappa shape index (κ3) is 3.63. The molecule has 2 heterocycles. The summed E-state index contributed by atoms with van der Waals surface area (Å²) in [6, 6.07) is 23.2. The first-order valence-corrected chi connectivity index (χ1v) is 12.8. The highest BCUT2D eigenvalue weighted by molar-refractivity contribution is 5.96. The molecule has 6 nitrogen and oxygen atoms in total. The van der Waals surface area contributed by atoms with Crippen LogP contribution in [-0.2, 0) is 0 Å². The summed E-state index contributed by atoms with van der Waals surface area (Å²) < 4.78 is 0. The van der Waals surface area contributed by atoms with Crippen LogP contribution < -0.4 is 10.6 Å². The average Bonchev–Trinajstić information content (AvgIpc) is 2.86. The van der Waals surface area contributed by atoms with Gasteiger partial charge in [-0.2, -0.15) is 0 Å². The highest BCUT2D eigenvalue weighted by atomic mass is 16.2. The molecule has 8 rings (SSSR count). The minimum Gasteiger partial charge on any atom is -0.345 e. The van der Waals surface area contributed by atoms with Crippen molar-refractivity contribution in [2.24, 2.45) is 11.8 Å². The van der Waals surface area contributed by atoms with Crippen molar-refractivity contribution in [2.75, 3.05) is 0 Å². The monoisotopic (exact) mass is 478 g/mol. The molecule has 4 saturated carbocycles. The second-order valence-electron chi connectivity index (χ2n) is 11.2. The van der Waals surface area contributed by atoms with E-state index in [-0.39, 0.29) is 24.3 Å². The second kappa shape index (κ2) is 7.85. The highest BCUT2D eigenvalue weighted by Crippen LogP contribution is 2.57. The summed E-state index contributed by atoms with van der Waals surface area (Å²) in [5.41, 5.74) is 1.92. The molecule has 4 aromatic rings. The Balaban J connectivity index is 0.00000252. The molecule has 0 radical (unpaired) electrons. The highest BCUT2D eigenvalue weighted by Gasteiger charge is 2.58. The van der Waals surface area contributed by atoms with E-state index in [9.17, 15) is 9.59 Å². The molecule has 4 fully saturated rings. The fourth-order valence-electron chi connectivity index (χ4n) is 7.55. The van der Waals surface area contributed by atoms with E-state index in [1.807, 2.05) is 60.7 Å². The maximum Gasteiger partial charge on any atom is 0.270 e. The van der Waals surface area contributed by atoms with Gasteiger partial charge in [-0.25, -0.2) is 9.97 Å². The van der Waals surface area contributed by atoms with Crippen molar-refractivity contribution in [1.82, 2.24) is 20.6 Å². The number of rotatable bonds is 4. The topological polar surface area (TPSA) is 84.0 Å². The van der Waals surface area contributed by atoms with Crippen LogP contribution in [0, 0.1) is 11.8 Å². The lowest BCUT2D eigenvalue weighted by Gasteiger charge is -2.62. The Kier molecular flexibility index (Phi) is 4.69. The summed E-state index contributed by atoms with van der Waals surface area (Å²) in [6.07, 6.45) is 5.80. The summed E-state index contributed by atoms with van der Waals surface area (Å²) >= 11 is 0. The predicted octanol–water partition coefficient (Wildman–Crippen LogP) is 5.28. The number of hydrogen-bond acceptors (Lipinski definition) is 4. The van der Waals surface area contributed by atoms with E-state index >= 15 is 0 Å². The maximum absolute atomic E-state index is 13.4. The van der Waals surface area contributed by atoms with Gasteiger partial charge in [-0.15, -0.1) is 0 Å². The number of nitrogens with one attached hydrogen (secondary N) is 2. The zero-order valence-electron chi connectivity index (χ0n) is 20.0. The molecular weight excluding hydrogens is 448 g/mol. The summed E-state index contributed by atoms with van der Waals surface area (Å²) in [4.78, 5) is 36.0. The molecule has 36 heavy (non-hydrogen) atoms. The Hall–Kier alpha value is -3.80. The number of nitrogens with zero attached hydrogens (tertiary/aromatic N) is 2. The van der Waals surface area contributed by atoms with Gasteiger partial charge in [0.15, 0.2) is 0 Å². The van der Waals surface area contributed by atoms with Crippen molar-refractivity contribution in [3.63, 3.8) is 0 Å². The molecule has 2 N–H and O–H groups in total. The Labute approximate surface area is 211 Å². The fourth-order valence-corrected chi connectivity index (χ4v) is 7.55. The molecule has 0 atom stereocenters.